The molecule has 5 nitrogen and oxygen atoms in total. The molecule has 0 aliphatic rings. The number of nitrogens with one attached hydrogen (secondary N) is 2. The van der Waals surface area contributed by atoms with Crippen molar-refractivity contribution in [2.45, 2.75) is 13.3 Å². The third-order valence-electron chi connectivity index (χ3n) is 3.78. The predicted molar refractivity (Wildman–Crippen MR) is 105 cm³/mol. The van der Waals surface area contributed by atoms with Crippen LogP contribution < -0.4 is 10.6 Å². The second kappa shape index (κ2) is 8.60. The Kier molecular flexibility index (Phi) is 5.98. The van der Waals surface area contributed by atoms with Gasteiger partial charge in [0, 0.05) is 23.3 Å². The number of carbonyl (C=O) groups is 1. The van der Waals surface area contributed by atoms with E-state index in [1.165, 1.54) is 24.3 Å². The first kappa shape index (κ1) is 18.8. The van der Waals surface area contributed by atoms with Crippen molar-refractivity contribution in [2.24, 2.45) is 0 Å². The minimum absolute atomic E-state index is 0.233. The SMILES string of the molecule is Cc1nc(NCCc2cccc(Cl)c2)cc(C(=O)Nc2ccc(F)cc2)n1. The molecule has 0 atom stereocenters. The monoisotopic (exact) mass is 384 g/mol. The van der Waals surface area contributed by atoms with Crippen LogP contribution in [0.15, 0.2) is 54.6 Å². The first-order valence-electron chi connectivity index (χ1n) is 8.40. The highest BCUT2D eigenvalue weighted by atomic mass is 35.5. The predicted octanol–water partition coefficient (Wildman–Crippen LogP) is 4.48. The van der Waals surface area contributed by atoms with Crippen molar-refractivity contribution in [2.75, 3.05) is 17.2 Å². The molecule has 3 rings (SSSR count). The second-order valence-corrected chi connectivity index (χ2v) is 6.39. The summed E-state index contributed by atoms with van der Waals surface area (Å²) in [5, 5.41) is 6.59. The van der Waals surface area contributed by atoms with E-state index < -0.39 is 0 Å². The third-order valence-corrected chi connectivity index (χ3v) is 4.02. The van der Waals surface area contributed by atoms with E-state index in [0.29, 0.717) is 28.9 Å². The first-order valence-corrected chi connectivity index (χ1v) is 8.78. The van der Waals surface area contributed by atoms with Crippen LogP contribution in [0.25, 0.3) is 0 Å². The first-order chi connectivity index (χ1) is 13.0. The number of hydrogen-bond donors (Lipinski definition) is 2. The Labute approximate surface area is 161 Å². The smallest absolute Gasteiger partial charge is 0.274 e. The zero-order valence-electron chi connectivity index (χ0n) is 14.7. The summed E-state index contributed by atoms with van der Waals surface area (Å²) in [4.78, 5) is 20.9. The van der Waals surface area contributed by atoms with Gasteiger partial charge in [-0.1, -0.05) is 23.7 Å². The fraction of sp³-hybridized carbons (Fsp3) is 0.150. The zero-order chi connectivity index (χ0) is 19.2. The van der Waals surface area contributed by atoms with Crippen molar-refractivity contribution in [3.8, 4) is 0 Å². The van der Waals surface area contributed by atoms with Gasteiger partial charge in [0.05, 0.1) is 0 Å². The molecule has 0 aliphatic carbocycles. The molecule has 0 radical (unpaired) electrons. The Morgan fingerprint density at radius 1 is 1.11 bits per heavy atom. The fourth-order valence-electron chi connectivity index (χ4n) is 2.53. The van der Waals surface area contributed by atoms with E-state index in [9.17, 15) is 9.18 Å². The minimum Gasteiger partial charge on any atom is -0.370 e. The average Bonchev–Trinajstić information content (AvgIpc) is 2.63. The van der Waals surface area contributed by atoms with Crippen LogP contribution in [0.1, 0.15) is 21.9 Å². The lowest BCUT2D eigenvalue weighted by molar-refractivity contribution is 0.102. The number of carbonyl (C=O) groups excluding carboxylic acids is 1. The van der Waals surface area contributed by atoms with E-state index >= 15 is 0 Å². The van der Waals surface area contributed by atoms with Gasteiger partial charge in [0.1, 0.15) is 23.2 Å². The van der Waals surface area contributed by atoms with Gasteiger partial charge >= 0.3 is 0 Å². The quantitative estimate of drug-likeness (QED) is 0.657. The van der Waals surface area contributed by atoms with Crippen LogP contribution in [0.4, 0.5) is 15.9 Å². The van der Waals surface area contributed by atoms with Gasteiger partial charge in [-0.25, -0.2) is 14.4 Å². The van der Waals surface area contributed by atoms with Crippen molar-refractivity contribution >= 4 is 29.0 Å². The van der Waals surface area contributed by atoms with E-state index in [2.05, 4.69) is 20.6 Å². The van der Waals surface area contributed by atoms with Crippen molar-refractivity contribution in [1.29, 1.82) is 0 Å². The van der Waals surface area contributed by atoms with Crippen molar-refractivity contribution in [3.05, 3.63) is 82.5 Å². The van der Waals surface area contributed by atoms with E-state index in [1.54, 1.807) is 13.0 Å². The largest absolute Gasteiger partial charge is 0.370 e. The van der Waals surface area contributed by atoms with E-state index in [0.717, 1.165) is 12.0 Å². The summed E-state index contributed by atoms with van der Waals surface area (Å²) < 4.78 is 13.0. The van der Waals surface area contributed by atoms with Gasteiger partial charge in [-0.3, -0.25) is 4.79 Å². The molecular weight excluding hydrogens is 367 g/mol. The van der Waals surface area contributed by atoms with Gasteiger partial charge in [-0.05, 0) is 55.3 Å². The number of anilines is 2. The molecule has 2 N–H and O–H groups in total. The van der Waals surface area contributed by atoms with Gasteiger partial charge in [0.25, 0.3) is 5.91 Å². The standard InChI is InChI=1S/C20H18ClFN4O/c1-13-24-18(20(27)26-17-7-5-16(22)6-8-17)12-19(25-13)23-10-9-14-3-2-4-15(21)11-14/h2-8,11-12H,9-10H2,1H3,(H,26,27)(H,23,24,25). The number of aromatic nitrogens is 2. The summed E-state index contributed by atoms with van der Waals surface area (Å²) in [6, 6.07) is 14.8. The highest BCUT2D eigenvalue weighted by Gasteiger charge is 2.11. The summed E-state index contributed by atoms with van der Waals surface area (Å²) in [5.74, 6) is 0.294. The van der Waals surface area contributed by atoms with E-state index in [4.69, 9.17) is 11.6 Å². The van der Waals surface area contributed by atoms with E-state index in [1.807, 2.05) is 24.3 Å². The molecule has 7 heteroatoms. The lowest BCUT2D eigenvalue weighted by atomic mass is 10.1. The Hall–Kier alpha value is -2.99. The summed E-state index contributed by atoms with van der Waals surface area (Å²) >= 11 is 5.99. The van der Waals surface area contributed by atoms with Crippen molar-refractivity contribution in [1.82, 2.24) is 9.97 Å². The summed E-state index contributed by atoms with van der Waals surface area (Å²) in [7, 11) is 0. The van der Waals surface area contributed by atoms with Crippen LogP contribution in [0.3, 0.4) is 0 Å². The molecule has 27 heavy (non-hydrogen) atoms. The lowest BCUT2D eigenvalue weighted by Crippen LogP contribution is -2.16. The number of rotatable bonds is 6. The number of nitrogens with zero attached hydrogens (tertiary/aromatic N) is 2. The van der Waals surface area contributed by atoms with Crippen LogP contribution in [0, 0.1) is 12.7 Å². The average molecular weight is 385 g/mol. The molecule has 0 saturated carbocycles. The number of hydrogen-bond acceptors (Lipinski definition) is 4. The molecule has 3 aromatic rings. The number of benzene rings is 2. The molecule has 0 aliphatic heterocycles. The number of amides is 1. The molecule has 0 fully saturated rings. The highest BCUT2D eigenvalue weighted by Crippen LogP contribution is 2.14. The van der Waals surface area contributed by atoms with Gasteiger partial charge in [-0.2, -0.15) is 0 Å². The van der Waals surface area contributed by atoms with Crippen LogP contribution >= 0.6 is 11.6 Å². The Balaban J connectivity index is 1.64. The molecular formula is C20H18ClFN4O. The highest BCUT2D eigenvalue weighted by molar-refractivity contribution is 6.30. The molecule has 1 amide bonds. The van der Waals surface area contributed by atoms with Crippen LogP contribution in [-0.4, -0.2) is 22.4 Å². The van der Waals surface area contributed by atoms with Gasteiger partial charge < -0.3 is 10.6 Å². The Bertz CT molecular complexity index is 947. The zero-order valence-corrected chi connectivity index (χ0v) is 15.4. The summed E-state index contributed by atoms with van der Waals surface area (Å²) in [5.41, 5.74) is 1.83. The maximum Gasteiger partial charge on any atom is 0.274 e. The van der Waals surface area contributed by atoms with Gasteiger partial charge in [0.15, 0.2) is 0 Å². The summed E-state index contributed by atoms with van der Waals surface area (Å²) in [6.07, 6.45) is 0.765. The molecule has 1 heterocycles. The molecule has 0 saturated heterocycles. The normalized spacial score (nSPS) is 10.5. The van der Waals surface area contributed by atoms with Gasteiger partial charge in [-0.15, -0.1) is 0 Å². The number of halogens is 2. The molecule has 0 bridgehead atoms. The van der Waals surface area contributed by atoms with E-state index in [-0.39, 0.29) is 17.4 Å². The van der Waals surface area contributed by atoms with Crippen molar-refractivity contribution < 1.29 is 9.18 Å². The molecule has 138 valence electrons. The molecule has 1 aromatic heterocycles. The second-order valence-electron chi connectivity index (χ2n) is 5.95. The molecule has 2 aromatic carbocycles. The maximum atomic E-state index is 13.0. The topological polar surface area (TPSA) is 66.9 Å². The maximum absolute atomic E-state index is 13.0. The number of aryl methyl sites for hydroxylation is 1. The van der Waals surface area contributed by atoms with Gasteiger partial charge in [0.2, 0.25) is 0 Å². The van der Waals surface area contributed by atoms with Crippen LogP contribution in [-0.2, 0) is 6.42 Å². The Morgan fingerprint density at radius 3 is 2.63 bits per heavy atom. The minimum atomic E-state index is -0.384. The van der Waals surface area contributed by atoms with Crippen molar-refractivity contribution in [3.63, 3.8) is 0 Å². The summed E-state index contributed by atoms with van der Waals surface area (Å²) in [6.45, 7) is 2.35. The Morgan fingerprint density at radius 2 is 1.89 bits per heavy atom. The molecule has 0 spiro atoms. The van der Waals surface area contributed by atoms with Crippen LogP contribution in [0.5, 0.6) is 0 Å². The van der Waals surface area contributed by atoms with Crippen LogP contribution in [0.2, 0.25) is 5.02 Å². The molecule has 0 unspecified atom stereocenters. The lowest BCUT2D eigenvalue weighted by Gasteiger charge is -2.09. The third kappa shape index (κ3) is 5.49. The fourth-order valence-corrected chi connectivity index (χ4v) is 2.74.